The lowest BCUT2D eigenvalue weighted by molar-refractivity contribution is 0.807. The fourth-order valence-corrected chi connectivity index (χ4v) is 2.35. The molecular formula is C12H15ClN4S. The quantitative estimate of drug-likeness (QED) is 0.940. The van der Waals surface area contributed by atoms with Gasteiger partial charge in [0.15, 0.2) is 5.82 Å². The Bertz CT molecular complexity index is 536. The van der Waals surface area contributed by atoms with Crippen LogP contribution in [-0.4, -0.2) is 14.3 Å². The summed E-state index contributed by atoms with van der Waals surface area (Å²) < 4.78 is 4.35. The highest BCUT2D eigenvalue weighted by Gasteiger charge is 2.25. The zero-order chi connectivity index (χ0) is 11.8. The zero-order valence-corrected chi connectivity index (χ0v) is 11.7. The predicted molar refractivity (Wildman–Crippen MR) is 75.0 cm³/mol. The van der Waals surface area contributed by atoms with Gasteiger partial charge in [-0.2, -0.15) is 4.37 Å². The van der Waals surface area contributed by atoms with Gasteiger partial charge in [0.25, 0.3) is 0 Å². The first kappa shape index (κ1) is 13.4. The van der Waals surface area contributed by atoms with Crippen LogP contribution >= 0.6 is 23.9 Å². The third kappa shape index (κ3) is 2.68. The van der Waals surface area contributed by atoms with Gasteiger partial charge >= 0.3 is 0 Å². The molecule has 2 heterocycles. The molecule has 4 nitrogen and oxygen atoms in total. The molecule has 3 rings (SSSR count). The summed E-state index contributed by atoms with van der Waals surface area (Å²) in [6.07, 6.45) is 4.35. The van der Waals surface area contributed by atoms with Gasteiger partial charge in [-0.05, 0) is 43.4 Å². The van der Waals surface area contributed by atoms with Crippen LogP contribution in [0.1, 0.15) is 42.4 Å². The van der Waals surface area contributed by atoms with E-state index in [9.17, 15) is 0 Å². The Kier molecular flexibility index (Phi) is 3.94. The van der Waals surface area contributed by atoms with E-state index in [4.69, 9.17) is 5.73 Å². The Balaban J connectivity index is 0.00000120. The maximum absolute atomic E-state index is 5.79. The monoisotopic (exact) mass is 282 g/mol. The van der Waals surface area contributed by atoms with Crippen molar-refractivity contribution in [3.05, 3.63) is 29.0 Å². The summed E-state index contributed by atoms with van der Waals surface area (Å²) in [5.74, 6) is 1.42. The first-order valence-corrected chi connectivity index (χ1v) is 6.57. The largest absolute Gasteiger partial charge is 0.322 e. The number of pyridine rings is 1. The first-order valence-electron chi connectivity index (χ1n) is 5.79. The van der Waals surface area contributed by atoms with E-state index in [1.165, 1.54) is 30.1 Å². The smallest absolute Gasteiger partial charge is 0.173 e. The zero-order valence-electron chi connectivity index (χ0n) is 10.0. The number of rotatable bonds is 3. The second-order valence-electron chi connectivity index (χ2n) is 4.49. The summed E-state index contributed by atoms with van der Waals surface area (Å²) >= 11 is 1.38. The van der Waals surface area contributed by atoms with Crippen molar-refractivity contribution in [3.63, 3.8) is 0 Å². The molecule has 18 heavy (non-hydrogen) atoms. The maximum atomic E-state index is 5.79. The second-order valence-corrected chi connectivity index (χ2v) is 5.27. The second kappa shape index (κ2) is 5.30. The summed E-state index contributed by atoms with van der Waals surface area (Å²) in [6, 6.07) is 4.01. The summed E-state index contributed by atoms with van der Waals surface area (Å²) in [5.41, 5.74) is 8.00. The van der Waals surface area contributed by atoms with Crippen LogP contribution < -0.4 is 5.73 Å². The van der Waals surface area contributed by atoms with E-state index in [1.54, 1.807) is 0 Å². The number of nitrogens with two attached hydrogens (primary N) is 1. The Labute approximate surface area is 116 Å². The van der Waals surface area contributed by atoms with Crippen LogP contribution in [0.5, 0.6) is 0 Å². The average molecular weight is 283 g/mol. The van der Waals surface area contributed by atoms with Gasteiger partial charge in [-0.15, -0.1) is 12.4 Å². The molecule has 0 amide bonds. The van der Waals surface area contributed by atoms with E-state index < -0.39 is 0 Å². The summed E-state index contributed by atoms with van der Waals surface area (Å²) in [7, 11) is 0. The standard InChI is InChI=1S/C12H14N4S.ClH/c1-7(13)12-15-11(16-17-12)9-4-5-14-10(6-9)8-2-3-8;/h4-8H,2-3,13H2,1H3;1H/t7-;/m1./s1. The minimum absolute atomic E-state index is 0. The third-order valence-electron chi connectivity index (χ3n) is 2.87. The number of hydrogen-bond donors (Lipinski definition) is 1. The van der Waals surface area contributed by atoms with Crippen molar-refractivity contribution in [3.8, 4) is 11.4 Å². The minimum Gasteiger partial charge on any atom is -0.322 e. The van der Waals surface area contributed by atoms with Crippen LogP contribution in [0.25, 0.3) is 11.4 Å². The highest BCUT2D eigenvalue weighted by Crippen LogP contribution is 2.39. The summed E-state index contributed by atoms with van der Waals surface area (Å²) in [6.45, 7) is 1.92. The molecule has 96 valence electrons. The lowest BCUT2D eigenvalue weighted by Gasteiger charge is -2.00. The van der Waals surface area contributed by atoms with Crippen LogP contribution in [-0.2, 0) is 0 Å². The average Bonchev–Trinajstić information content (AvgIpc) is 3.06. The van der Waals surface area contributed by atoms with Gasteiger partial charge in [0.1, 0.15) is 5.01 Å². The van der Waals surface area contributed by atoms with Crippen LogP contribution in [0.2, 0.25) is 0 Å². The van der Waals surface area contributed by atoms with Crippen molar-refractivity contribution in [2.45, 2.75) is 31.7 Å². The molecule has 2 aromatic rings. The van der Waals surface area contributed by atoms with Crippen LogP contribution in [0.4, 0.5) is 0 Å². The molecule has 0 aromatic carbocycles. The SMILES string of the molecule is C[C@@H](N)c1nc(-c2ccnc(C3CC3)c2)ns1.Cl. The van der Waals surface area contributed by atoms with E-state index in [2.05, 4.69) is 20.4 Å². The predicted octanol–water partition coefficient (Wildman–Crippen LogP) is 2.92. The van der Waals surface area contributed by atoms with Crippen LogP contribution in [0.3, 0.4) is 0 Å². The molecule has 0 aliphatic heterocycles. The van der Waals surface area contributed by atoms with Gasteiger partial charge in [0.05, 0.1) is 6.04 Å². The molecule has 1 fully saturated rings. The molecular weight excluding hydrogens is 268 g/mol. The molecule has 1 saturated carbocycles. The molecule has 0 spiro atoms. The fourth-order valence-electron chi connectivity index (χ4n) is 1.73. The molecule has 1 atom stereocenters. The highest BCUT2D eigenvalue weighted by molar-refractivity contribution is 7.05. The van der Waals surface area contributed by atoms with Crippen molar-refractivity contribution in [1.82, 2.24) is 14.3 Å². The van der Waals surface area contributed by atoms with E-state index in [0.717, 1.165) is 16.4 Å². The maximum Gasteiger partial charge on any atom is 0.173 e. The molecule has 0 unspecified atom stereocenters. The molecule has 0 radical (unpaired) electrons. The Morgan fingerprint density at radius 3 is 2.83 bits per heavy atom. The number of hydrogen-bond acceptors (Lipinski definition) is 5. The van der Waals surface area contributed by atoms with Gasteiger partial charge in [-0.25, -0.2) is 4.98 Å². The van der Waals surface area contributed by atoms with Crippen molar-refractivity contribution in [1.29, 1.82) is 0 Å². The number of halogens is 1. The van der Waals surface area contributed by atoms with E-state index in [-0.39, 0.29) is 18.4 Å². The van der Waals surface area contributed by atoms with Gasteiger partial charge in [-0.3, -0.25) is 4.98 Å². The van der Waals surface area contributed by atoms with Crippen molar-refractivity contribution in [2.75, 3.05) is 0 Å². The molecule has 6 heteroatoms. The summed E-state index contributed by atoms with van der Waals surface area (Å²) in [5, 5.41) is 0.879. The normalized spacial score (nSPS) is 16.1. The minimum atomic E-state index is -0.0500. The van der Waals surface area contributed by atoms with Gasteiger partial charge in [0.2, 0.25) is 0 Å². The third-order valence-corrected chi connectivity index (χ3v) is 3.78. The lowest BCUT2D eigenvalue weighted by Crippen LogP contribution is -2.03. The van der Waals surface area contributed by atoms with Gasteiger partial charge < -0.3 is 5.73 Å². The lowest BCUT2D eigenvalue weighted by atomic mass is 10.2. The molecule has 1 aliphatic rings. The number of aromatic nitrogens is 3. The fraction of sp³-hybridized carbons (Fsp3) is 0.417. The van der Waals surface area contributed by atoms with E-state index in [0.29, 0.717) is 5.92 Å². The molecule has 0 bridgehead atoms. The Morgan fingerprint density at radius 2 is 2.22 bits per heavy atom. The van der Waals surface area contributed by atoms with Crippen molar-refractivity contribution < 1.29 is 0 Å². The molecule has 2 N–H and O–H groups in total. The topological polar surface area (TPSA) is 64.7 Å². The van der Waals surface area contributed by atoms with Gasteiger partial charge in [0, 0.05) is 23.4 Å². The van der Waals surface area contributed by atoms with Gasteiger partial charge in [-0.1, -0.05) is 0 Å². The molecule has 0 saturated heterocycles. The summed E-state index contributed by atoms with van der Waals surface area (Å²) in [4.78, 5) is 8.85. The highest BCUT2D eigenvalue weighted by atomic mass is 35.5. The molecule has 2 aromatic heterocycles. The van der Waals surface area contributed by atoms with Crippen molar-refractivity contribution in [2.24, 2.45) is 5.73 Å². The van der Waals surface area contributed by atoms with Crippen LogP contribution in [0.15, 0.2) is 18.3 Å². The Hall–Kier alpha value is -1.04. The first-order chi connectivity index (χ1) is 8.24. The van der Waals surface area contributed by atoms with E-state index in [1.807, 2.05) is 19.2 Å². The number of nitrogens with zero attached hydrogens (tertiary/aromatic N) is 3. The van der Waals surface area contributed by atoms with E-state index >= 15 is 0 Å². The van der Waals surface area contributed by atoms with Crippen LogP contribution in [0, 0.1) is 0 Å². The molecule has 1 aliphatic carbocycles. The van der Waals surface area contributed by atoms with Crippen molar-refractivity contribution >= 4 is 23.9 Å². The Morgan fingerprint density at radius 1 is 1.44 bits per heavy atom.